The number of piperidine rings is 2. The van der Waals surface area contributed by atoms with Gasteiger partial charge in [-0.05, 0) is 68.5 Å². The molecule has 2 N–H and O–H groups in total. The zero-order chi connectivity index (χ0) is 25.2. The number of nitrogens with two attached hydrogens (primary N) is 1. The number of likely N-dealkylation sites (tertiary alicyclic amines) is 1. The molecule has 0 spiro atoms. The van der Waals surface area contributed by atoms with Gasteiger partial charge in [-0.1, -0.05) is 6.07 Å². The van der Waals surface area contributed by atoms with Gasteiger partial charge in [-0.2, -0.15) is 10.4 Å². The number of anilines is 1. The van der Waals surface area contributed by atoms with E-state index in [0.717, 1.165) is 44.5 Å². The molecule has 7 nitrogen and oxygen atoms in total. The van der Waals surface area contributed by atoms with Crippen LogP contribution >= 0.6 is 0 Å². The maximum Gasteiger partial charge on any atom is 0.274 e. The number of hydrogen-bond acceptors (Lipinski definition) is 5. The summed E-state index contributed by atoms with van der Waals surface area (Å²) in [6.07, 6.45) is 4.97. The van der Waals surface area contributed by atoms with E-state index < -0.39 is 11.6 Å². The molecule has 36 heavy (non-hydrogen) atoms. The Labute approximate surface area is 208 Å². The molecule has 1 aromatic heterocycles. The van der Waals surface area contributed by atoms with Gasteiger partial charge in [-0.25, -0.2) is 13.5 Å². The number of aromatic nitrogens is 2. The van der Waals surface area contributed by atoms with E-state index in [0.29, 0.717) is 24.3 Å². The fraction of sp³-hybridized carbons (Fsp3) is 0.370. The molecular weight excluding hydrogens is 462 g/mol. The average molecular weight is 491 g/mol. The Balaban J connectivity index is 1.57. The molecule has 1 unspecified atom stereocenters. The van der Waals surface area contributed by atoms with Gasteiger partial charge in [0.15, 0.2) is 11.5 Å². The maximum absolute atomic E-state index is 15.5. The van der Waals surface area contributed by atoms with Crippen LogP contribution in [0.5, 0.6) is 0 Å². The zero-order valence-corrected chi connectivity index (χ0v) is 20.0. The smallest absolute Gasteiger partial charge is 0.274 e. The van der Waals surface area contributed by atoms with Crippen molar-refractivity contribution in [3.63, 3.8) is 0 Å². The normalized spacial score (nSPS) is 18.2. The summed E-state index contributed by atoms with van der Waals surface area (Å²) in [7, 11) is 0. The molecule has 0 saturated carbocycles. The first kappa shape index (κ1) is 23.9. The second kappa shape index (κ2) is 10.1. The number of carbonyl (C=O) groups is 1. The van der Waals surface area contributed by atoms with E-state index in [9.17, 15) is 9.18 Å². The van der Waals surface area contributed by atoms with Crippen molar-refractivity contribution >= 4 is 11.6 Å². The number of halogens is 2. The molecule has 0 bridgehead atoms. The highest BCUT2D eigenvalue weighted by atomic mass is 19.1. The lowest BCUT2D eigenvalue weighted by Crippen LogP contribution is -2.45. The number of carbonyl (C=O) groups excluding carboxylic acids is 1. The molecule has 0 aliphatic carbocycles. The Morgan fingerprint density at radius 2 is 1.81 bits per heavy atom. The minimum Gasteiger partial charge on any atom is -0.371 e. The second-order valence-corrected chi connectivity index (χ2v) is 9.47. The van der Waals surface area contributed by atoms with Gasteiger partial charge in [-0.3, -0.25) is 4.79 Å². The molecule has 2 aromatic carbocycles. The van der Waals surface area contributed by atoms with Crippen molar-refractivity contribution in [3.8, 4) is 23.0 Å². The summed E-state index contributed by atoms with van der Waals surface area (Å²) in [6.45, 7) is 2.75. The van der Waals surface area contributed by atoms with Crippen LogP contribution in [-0.4, -0.2) is 52.8 Å². The van der Waals surface area contributed by atoms with E-state index in [2.05, 4.69) is 10.00 Å². The first-order valence-corrected chi connectivity index (χ1v) is 12.3. The predicted molar refractivity (Wildman–Crippen MR) is 133 cm³/mol. The summed E-state index contributed by atoms with van der Waals surface area (Å²) in [4.78, 5) is 17.1. The maximum atomic E-state index is 15.5. The van der Waals surface area contributed by atoms with Gasteiger partial charge in [0.2, 0.25) is 0 Å². The summed E-state index contributed by atoms with van der Waals surface area (Å²) >= 11 is 0. The van der Waals surface area contributed by atoms with Crippen LogP contribution in [0.1, 0.15) is 48.2 Å². The second-order valence-electron chi connectivity index (χ2n) is 9.47. The Hall–Kier alpha value is -3.77. The number of amides is 1. The third-order valence-corrected chi connectivity index (χ3v) is 6.94. The topological polar surface area (TPSA) is 91.2 Å². The largest absolute Gasteiger partial charge is 0.371 e. The van der Waals surface area contributed by atoms with E-state index in [1.165, 1.54) is 29.3 Å². The monoisotopic (exact) mass is 490 g/mol. The van der Waals surface area contributed by atoms with Gasteiger partial charge in [-0.15, -0.1) is 0 Å². The van der Waals surface area contributed by atoms with Gasteiger partial charge < -0.3 is 15.5 Å². The Morgan fingerprint density at radius 3 is 2.50 bits per heavy atom. The molecule has 5 rings (SSSR count). The molecule has 1 amide bonds. The van der Waals surface area contributed by atoms with Crippen LogP contribution in [0.25, 0.3) is 16.9 Å². The van der Waals surface area contributed by atoms with Crippen LogP contribution in [0, 0.1) is 23.0 Å². The highest BCUT2D eigenvalue weighted by Gasteiger charge is 2.27. The highest BCUT2D eigenvalue weighted by molar-refractivity contribution is 5.93. The standard InChI is InChI=1S/C27H28F2N6O/c28-22-13-18(6-7-19(22)16-30)26-15-24(27(36)34-12-4-5-20(31)17-34)32-35(26)25-9-8-21(14-23(25)29)33-10-2-1-3-11-33/h6-9,13-15,20H,1-5,10-12,17,31H2. The summed E-state index contributed by atoms with van der Waals surface area (Å²) in [5, 5.41) is 13.6. The lowest BCUT2D eigenvalue weighted by atomic mass is 10.1. The van der Waals surface area contributed by atoms with Crippen LogP contribution in [0.3, 0.4) is 0 Å². The molecular formula is C27H28F2N6O. The van der Waals surface area contributed by atoms with Gasteiger partial charge in [0.1, 0.15) is 17.6 Å². The van der Waals surface area contributed by atoms with Crippen molar-refractivity contribution in [3.05, 3.63) is 65.4 Å². The van der Waals surface area contributed by atoms with Crippen LogP contribution in [-0.2, 0) is 0 Å². The van der Waals surface area contributed by atoms with E-state index in [1.54, 1.807) is 29.2 Å². The van der Waals surface area contributed by atoms with Gasteiger partial charge in [0, 0.05) is 43.5 Å². The first-order chi connectivity index (χ1) is 17.4. The molecule has 0 radical (unpaired) electrons. The SMILES string of the molecule is N#Cc1ccc(-c2cc(C(=O)N3CCCC(N)C3)nn2-c2ccc(N3CCCCC3)cc2F)cc1F. The zero-order valence-electron chi connectivity index (χ0n) is 20.0. The molecule has 2 fully saturated rings. The van der Waals surface area contributed by atoms with Gasteiger partial charge >= 0.3 is 0 Å². The average Bonchev–Trinajstić information content (AvgIpc) is 3.34. The number of hydrogen-bond donors (Lipinski definition) is 1. The van der Waals surface area contributed by atoms with Crippen LogP contribution < -0.4 is 10.6 Å². The van der Waals surface area contributed by atoms with Crippen LogP contribution in [0.2, 0.25) is 0 Å². The fourth-order valence-corrected chi connectivity index (χ4v) is 5.01. The molecule has 2 saturated heterocycles. The predicted octanol–water partition coefficient (Wildman–Crippen LogP) is 4.24. The van der Waals surface area contributed by atoms with Gasteiger partial charge in [0.05, 0.1) is 11.3 Å². The summed E-state index contributed by atoms with van der Waals surface area (Å²) in [5.41, 5.74) is 7.78. The first-order valence-electron chi connectivity index (χ1n) is 12.3. The molecule has 186 valence electrons. The van der Waals surface area contributed by atoms with E-state index in [-0.39, 0.29) is 28.9 Å². The summed E-state index contributed by atoms with van der Waals surface area (Å²) in [5.74, 6) is -1.49. The van der Waals surface area contributed by atoms with Crippen molar-refractivity contribution in [1.82, 2.24) is 14.7 Å². The third-order valence-electron chi connectivity index (χ3n) is 6.94. The number of rotatable bonds is 4. The molecule has 2 aliphatic rings. The van der Waals surface area contributed by atoms with Crippen molar-refractivity contribution in [2.45, 2.75) is 38.1 Å². The van der Waals surface area contributed by atoms with Crippen molar-refractivity contribution in [2.75, 3.05) is 31.1 Å². The van der Waals surface area contributed by atoms with Gasteiger partial charge in [0.25, 0.3) is 5.91 Å². The quantitative estimate of drug-likeness (QED) is 0.591. The number of nitriles is 1. The molecule has 3 heterocycles. The molecule has 9 heteroatoms. The van der Waals surface area contributed by atoms with Crippen molar-refractivity contribution in [1.29, 1.82) is 5.26 Å². The lowest BCUT2D eigenvalue weighted by Gasteiger charge is -2.30. The Bertz CT molecular complexity index is 1320. The fourth-order valence-electron chi connectivity index (χ4n) is 5.01. The van der Waals surface area contributed by atoms with E-state index in [1.807, 2.05) is 6.07 Å². The third kappa shape index (κ3) is 4.69. The molecule has 3 aromatic rings. The van der Waals surface area contributed by atoms with Crippen LogP contribution in [0.4, 0.5) is 14.5 Å². The van der Waals surface area contributed by atoms with E-state index in [4.69, 9.17) is 11.0 Å². The number of nitrogens with zero attached hydrogens (tertiary/aromatic N) is 5. The Kier molecular flexibility index (Phi) is 6.70. The van der Waals surface area contributed by atoms with Crippen molar-refractivity contribution < 1.29 is 13.6 Å². The Morgan fingerprint density at radius 1 is 1.00 bits per heavy atom. The summed E-state index contributed by atoms with van der Waals surface area (Å²) in [6, 6.07) is 12.4. The summed E-state index contributed by atoms with van der Waals surface area (Å²) < 4.78 is 31.3. The highest BCUT2D eigenvalue weighted by Crippen LogP contribution is 2.30. The lowest BCUT2D eigenvalue weighted by molar-refractivity contribution is 0.0702. The molecule has 2 aliphatic heterocycles. The minimum absolute atomic E-state index is 0.0968. The van der Waals surface area contributed by atoms with E-state index >= 15 is 4.39 Å². The minimum atomic E-state index is -0.696. The van der Waals surface area contributed by atoms with Crippen LogP contribution in [0.15, 0.2) is 42.5 Å². The molecule has 1 atom stereocenters. The number of benzene rings is 2. The van der Waals surface area contributed by atoms with Crippen molar-refractivity contribution in [2.24, 2.45) is 5.73 Å².